The fraction of sp³-hybridized carbons (Fsp3) is 0.300. The molecule has 1 aliphatic heterocycles. The predicted octanol–water partition coefficient (Wildman–Crippen LogP) is 1.39. The molecule has 0 spiro atoms. The second-order valence-electron chi connectivity index (χ2n) is 6.61. The molecule has 0 aliphatic carbocycles. The number of benzene rings is 1. The Morgan fingerprint density at radius 3 is 2.55 bits per heavy atom. The van der Waals surface area contributed by atoms with Crippen LogP contribution in [0.1, 0.15) is 16.4 Å². The van der Waals surface area contributed by atoms with Crippen molar-refractivity contribution in [1.29, 1.82) is 0 Å². The summed E-state index contributed by atoms with van der Waals surface area (Å²) in [6.45, 7) is 3.10. The number of guanidine groups is 1. The summed E-state index contributed by atoms with van der Waals surface area (Å²) in [4.78, 5) is 20.7. The van der Waals surface area contributed by atoms with Crippen LogP contribution in [0.2, 0.25) is 0 Å². The molecule has 0 bridgehead atoms. The van der Waals surface area contributed by atoms with Gasteiger partial charge in [0.1, 0.15) is 6.33 Å². The van der Waals surface area contributed by atoms with Gasteiger partial charge >= 0.3 is 0 Å². The molecule has 0 saturated carbocycles. The molecule has 1 aromatic carbocycles. The molecule has 29 heavy (non-hydrogen) atoms. The van der Waals surface area contributed by atoms with E-state index in [1.54, 1.807) is 30.4 Å². The minimum absolute atomic E-state index is 0.0754. The SMILES string of the molecule is CN=C(NCc1nncn1-c1ccccc1)N1CCN(C(=O)c2ccco2)CC1. The molecule has 0 unspecified atom stereocenters. The number of hydrogen-bond donors (Lipinski definition) is 1. The summed E-state index contributed by atoms with van der Waals surface area (Å²) in [5, 5.41) is 11.6. The Bertz CT molecular complexity index is 958. The van der Waals surface area contributed by atoms with Gasteiger partial charge in [-0.15, -0.1) is 10.2 Å². The molecular weight excluding hydrogens is 370 g/mol. The van der Waals surface area contributed by atoms with E-state index >= 15 is 0 Å². The molecule has 1 saturated heterocycles. The van der Waals surface area contributed by atoms with Crippen LogP contribution in [0.5, 0.6) is 0 Å². The highest BCUT2D eigenvalue weighted by atomic mass is 16.3. The van der Waals surface area contributed by atoms with Gasteiger partial charge < -0.3 is 19.5 Å². The summed E-state index contributed by atoms with van der Waals surface area (Å²) in [5.74, 6) is 1.87. The molecule has 1 amide bonds. The zero-order chi connectivity index (χ0) is 20.1. The third kappa shape index (κ3) is 4.13. The first kappa shape index (κ1) is 18.7. The molecule has 1 aliphatic rings. The van der Waals surface area contributed by atoms with Crippen LogP contribution in [-0.2, 0) is 6.54 Å². The van der Waals surface area contributed by atoms with E-state index in [0.717, 1.165) is 17.5 Å². The van der Waals surface area contributed by atoms with E-state index in [4.69, 9.17) is 4.42 Å². The van der Waals surface area contributed by atoms with Crippen molar-refractivity contribution in [1.82, 2.24) is 29.9 Å². The van der Waals surface area contributed by atoms with E-state index in [9.17, 15) is 4.79 Å². The lowest BCUT2D eigenvalue weighted by Crippen LogP contribution is -2.53. The van der Waals surface area contributed by atoms with Crippen molar-refractivity contribution in [2.75, 3.05) is 33.2 Å². The summed E-state index contributed by atoms with van der Waals surface area (Å²) >= 11 is 0. The smallest absolute Gasteiger partial charge is 0.289 e. The summed E-state index contributed by atoms with van der Waals surface area (Å²) in [6, 6.07) is 13.4. The highest BCUT2D eigenvalue weighted by Crippen LogP contribution is 2.11. The normalized spacial score (nSPS) is 14.9. The van der Waals surface area contributed by atoms with Crippen LogP contribution in [0.25, 0.3) is 5.69 Å². The Morgan fingerprint density at radius 2 is 1.86 bits per heavy atom. The van der Waals surface area contributed by atoms with Gasteiger partial charge in [-0.05, 0) is 24.3 Å². The first-order valence-corrected chi connectivity index (χ1v) is 9.49. The standard InChI is InChI=1S/C20H23N7O2/c1-21-20(22-14-18-24-23-15-27(18)16-6-3-2-4-7-16)26-11-9-25(10-12-26)19(28)17-8-5-13-29-17/h2-8,13,15H,9-12,14H2,1H3,(H,21,22). The average Bonchev–Trinajstić information content (AvgIpc) is 3.47. The monoisotopic (exact) mass is 393 g/mol. The molecule has 4 rings (SSSR count). The second-order valence-corrected chi connectivity index (χ2v) is 6.61. The van der Waals surface area contributed by atoms with Gasteiger partial charge in [0.2, 0.25) is 0 Å². The van der Waals surface area contributed by atoms with Crippen LogP contribution in [0, 0.1) is 0 Å². The van der Waals surface area contributed by atoms with Crippen LogP contribution < -0.4 is 5.32 Å². The Labute approximate surface area is 168 Å². The maximum absolute atomic E-state index is 12.4. The molecule has 0 atom stereocenters. The summed E-state index contributed by atoms with van der Waals surface area (Å²) in [7, 11) is 1.75. The lowest BCUT2D eigenvalue weighted by molar-refractivity contribution is 0.0657. The van der Waals surface area contributed by atoms with Gasteiger partial charge in [0.05, 0.1) is 12.8 Å². The van der Waals surface area contributed by atoms with Crippen molar-refractivity contribution in [3.63, 3.8) is 0 Å². The molecule has 3 aromatic rings. The zero-order valence-corrected chi connectivity index (χ0v) is 16.2. The predicted molar refractivity (Wildman–Crippen MR) is 108 cm³/mol. The minimum atomic E-state index is -0.0754. The number of carbonyl (C=O) groups excluding carboxylic acids is 1. The second kappa shape index (κ2) is 8.59. The molecule has 1 N–H and O–H groups in total. The lowest BCUT2D eigenvalue weighted by atomic mass is 10.3. The number of amides is 1. The van der Waals surface area contributed by atoms with Crippen LogP contribution in [0.3, 0.4) is 0 Å². The first-order chi connectivity index (χ1) is 14.3. The maximum atomic E-state index is 12.4. The fourth-order valence-corrected chi connectivity index (χ4v) is 3.35. The van der Waals surface area contributed by atoms with Crippen molar-refractivity contribution in [2.24, 2.45) is 4.99 Å². The van der Waals surface area contributed by atoms with Crippen molar-refractivity contribution < 1.29 is 9.21 Å². The number of piperazine rings is 1. The van der Waals surface area contributed by atoms with Crippen molar-refractivity contribution in [3.05, 3.63) is 66.6 Å². The average molecular weight is 393 g/mol. The topological polar surface area (TPSA) is 91.8 Å². The molecular formula is C20H23N7O2. The van der Waals surface area contributed by atoms with Gasteiger partial charge in [-0.3, -0.25) is 14.4 Å². The van der Waals surface area contributed by atoms with E-state index in [0.29, 0.717) is 38.5 Å². The molecule has 9 nitrogen and oxygen atoms in total. The van der Waals surface area contributed by atoms with Crippen LogP contribution >= 0.6 is 0 Å². The summed E-state index contributed by atoms with van der Waals surface area (Å²) in [6.07, 6.45) is 3.22. The number of nitrogens with zero attached hydrogens (tertiary/aromatic N) is 6. The van der Waals surface area contributed by atoms with E-state index in [-0.39, 0.29) is 5.91 Å². The molecule has 2 aromatic heterocycles. The summed E-state index contributed by atoms with van der Waals surface area (Å²) < 4.78 is 7.16. The fourth-order valence-electron chi connectivity index (χ4n) is 3.35. The van der Waals surface area contributed by atoms with Crippen molar-refractivity contribution in [3.8, 4) is 5.69 Å². The Hall–Kier alpha value is -3.62. The quantitative estimate of drug-likeness (QED) is 0.532. The van der Waals surface area contributed by atoms with Crippen LogP contribution in [-0.4, -0.2) is 69.7 Å². The van der Waals surface area contributed by atoms with E-state index < -0.39 is 0 Å². The Balaban J connectivity index is 1.34. The largest absolute Gasteiger partial charge is 0.459 e. The number of hydrogen-bond acceptors (Lipinski definition) is 5. The number of carbonyl (C=O) groups is 1. The van der Waals surface area contributed by atoms with Crippen molar-refractivity contribution in [2.45, 2.75) is 6.54 Å². The van der Waals surface area contributed by atoms with Gasteiger partial charge in [-0.2, -0.15) is 0 Å². The number of furan rings is 1. The number of aromatic nitrogens is 3. The molecule has 150 valence electrons. The van der Waals surface area contributed by atoms with Crippen molar-refractivity contribution >= 4 is 11.9 Å². The molecule has 1 fully saturated rings. The Kier molecular flexibility index (Phi) is 5.55. The number of nitrogens with one attached hydrogen (secondary N) is 1. The van der Waals surface area contributed by atoms with E-state index in [1.807, 2.05) is 34.9 Å². The van der Waals surface area contributed by atoms with Gasteiger partial charge in [0.15, 0.2) is 17.5 Å². The number of aliphatic imine (C=N–C) groups is 1. The minimum Gasteiger partial charge on any atom is -0.459 e. The number of rotatable bonds is 4. The Morgan fingerprint density at radius 1 is 1.10 bits per heavy atom. The molecule has 0 radical (unpaired) electrons. The molecule has 3 heterocycles. The van der Waals surface area contributed by atoms with Crippen LogP contribution in [0.15, 0.2) is 64.5 Å². The van der Waals surface area contributed by atoms with Gasteiger partial charge in [0, 0.05) is 38.9 Å². The zero-order valence-electron chi connectivity index (χ0n) is 16.2. The van der Waals surface area contributed by atoms with Gasteiger partial charge in [-0.1, -0.05) is 18.2 Å². The maximum Gasteiger partial charge on any atom is 0.289 e. The lowest BCUT2D eigenvalue weighted by Gasteiger charge is -2.36. The van der Waals surface area contributed by atoms with Gasteiger partial charge in [-0.25, -0.2) is 0 Å². The summed E-state index contributed by atoms with van der Waals surface area (Å²) in [5.41, 5.74) is 1.01. The number of para-hydroxylation sites is 1. The van der Waals surface area contributed by atoms with E-state index in [1.165, 1.54) is 6.26 Å². The molecule has 9 heteroatoms. The third-order valence-electron chi connectivity index (χ3n) is 4.87. The van der Waals surface area contributed by atoms with E-state index in [2.05, 4.69) is 25.4 Å². The highest BCUT2D eigenvalue weighted by Gasteiger charge is 2.25. The third-order valence-corrected chi connectivity index (χ3v) is 4.87. The first-order valence-electron chi connectivity index (χ1n) is 9.49. The van der Waals surface area contributed by atoms with Gasteiger partial charge in [0.25, 0.3) is 5.91 Å². The highest BCUT2D eigenvalue weighted by molar-refractivity contribution is 5.91. The van der Waals surface area contributed by atoms with Crippen LogP contribution in [0.4, 0.5) is 0 Å².